The van der Waals surface area contributed by atoms with Crippen LogP contribution in [-0.4, -0.2) is 124 Å². The minimum Gasteiger partial charge on any atom is -0.491 e. The van der Waals surface area contributed by atoms with Crippen LogP contribution in [0.2, 0.25) is 0 Å². The van der Waals surface area contributed by atoms with E-state index in [0.717, 1.165) is 16.9 Å². The highest BCUT2D eigenvalue weighted by atomic mass is 16.6. The molecule has 0 amide bonds. The number of benzene rings is 1. The molecule has 0 aliphatic heterocycles. The van der Waals surface area contributed by atoms with Crippen LogP contribution in [0.4, 0.5) is 0 Å². The molecule has 36 heavy (non-hydrogen) atoms. The highest BCUT2D eigenvalue weighted by Gasteiger charge is 2.02. The predicted molar refractivity (Wildman–Crippen MR) is 135 cm³/mol. The molecule has 0 spiro atoms. The molecule has 10 nitrogen and oxygen atoms in total. The van der Waals surface area contributed by atoms with Crippen LogP contribution < -0.4 is 4.74 Å². The third kappa shape index (κ3) is 19.8. The molecule has 0 aliphatic carbocycles. The molecule has 1 aromatic carbocycles. The van der Waals surface area contributed by atoms with Crippen LogP contribution in [0.25, 0.3) is 0 Å². The Bertz CT molecular complexity index is 582. The molecule has 1 rings (SSSR count). The monoisotopic (exact) mass is 518 g/mol. The second kappa shape index (κ2) is 25.3. The lowest BCUT2D eigenvalue weighted by atomic mass is 10.1. The van der Waals surface area contributed by atoms with Crippen molar-refractivity contribution in [1.29, 1.82) is 0 Å². The van der Waals surface area contributed by atoms with Gasteiger partial charge in [0.1, 0.15) is 12.4 Å². The van der Waals surface area contributed by atoms with Crippen molar-refractivity contribution in [1.82, 2.24) is 0 Å². The van der Waals surface area contributed by atoms with Crippen molar-refractivity contribution in [3.8, 4) is 5.75 Å². The molecule has 0 aliphatic rings. The standard InChI is InChI=1S/C26H46O10/c1-24-4-3-5-25(2)26(24)36-23-22-35-21-20-34-19-18-33-17-16-32-15-14-31-13-12-30-11-10-29-9-8-28-7-6-27/h3-5,27H,6-23H2,1-2H3. The van der Waals surface area contributed by atoms with E-state index in [4.69, 9.17) is 47.7 Å². The van der Waals surface area contributed by atoms with Gasteiger partial charge in [0.2, 0.25) is 0 Å². The average Bonchev–Trinajstić information content (AvgIpc) is 2.87. The molecule has 0 saturated heterocycles. The number of para-hydroxylation sites is 1. The molecule has 1 aromatic rings. The minimum absolute atomic E-state index is 0.0295. The topological polar surface area (TPSA) is 103 Å². The number of hydrogen-bond donors (Lipinski definition) is 1. The van der Waals surface area contributed by atoms with Gasteiger partial charge in [0.15, 0.2) is 0 Å². The Kier molecular flexibility index (Phi) is 23.0. The van der Waals surface area contributed by atoms with Gasteiger partial charge in [-0.25, -0.2) is 0 Å². The Morgan fingerprint density at radius 3 is 1.03 bits per heavy atom. The van der Waals surface area contributed by atoms with E-state index < -0.39 is 0 Å². The van der Waals surface area contributed by atoms with Crippen LogP contribution in [0.1, 0.15) is 11.1 Å². The Morgan fingerprint density at radius 2 is 0.722 bits per heavy atom. The van der Waals surface area contributed by atoms with Gasteiger partial charge in [-0.1, -0.05) is 18.2 Å². The van der Waals surface area contributed by atoms with Gasteiger partial charge in [-0.2, -0.15) is 0 Å². The molecule has 0 heterocycles. The van der Waals surface area contributed by atoms with Crippen LogP contribution in [0.3, 0.4) is 0 Å². The molecule has 0 fully saturated rings. The normalized spacial score (nSPS) is 11.3. The lowest BCUT2D eigenvalue weighted by Gasteiger charge is -2.12. The third-order valence-corrected chi connectivity index (χ3v) is 4.72. The fourth-order valence-corrected chi connectivity index (χ4v) is 2.94. The van der Waals surface area contributed by atoms with Crippen LogP contribution >= 0.6 is 0 Å². The zero-order valence-electron chi connectivity index (χ0n) is 22.1. The second-order valence-electron chi connectivity index (χ2n) is 7.69. The maximum atomic E-state index is 8.56. The highest BCUT2D eigenvalue weighted by molar-refractivity contribution is 5.39. The molecule has 0 saturated carbocycles. The first-order valence-corrected chi connectivity index (χ1v) is 12.7. The SMILES string of the molecule is Cc1cccc(C)c1OCCOCCOCCOCCOCCOCCOCCOCCOCCO. The van der Waals surface area contributed by atoms with E-state index in [-0.39, 0.29) is 6.61 Å². The van der Waals surface area contributed by atoms with E-state index in [1.54, 1.807) is 0 Å². The van der Waals surface area contributed by atoms with Crippen molar-refractivity contribution in [2.45, 2.75) is 13.8 Å². The Labute approximate surface area is 216 Å². The van der Waals surface area contributed by atoms with Crippen LogP contribution in [-0.2, 0) is 37.9 Å². The largest absolute Gasteiger partial charge is 0.491 e. The van der Waals surface area contributed by atoms with Gasteiger partial charge < -0.3 is 47.7 Å². The van der Waals surface area contributed by atoms with Crippen molar-refractivity contribution in [3.05, 3.63) is 29.3 Å². The van der Waals surface area contributed by atoms with E-state index in [0.29, 0.717) is 112 Å². The summed E-state index contributed by atoms with van der Waals surface area (Å²) in [7, 11) is 0. The van der Waals surface area contributed by atoms with E-state index >= 15 is 0 Å². The average molecular weight is 519 g/mol. The fourth-order valence-electron chi connectivity index (χ4n) is 2.94. The number of rotatable bonds is 27. The quantitative estimate of drug-likeness (QED) is 0.173. The summed E-state index contributed by atoms with van der Waals surface area (Å²) in [5.41, 5.74) is 2.27. The molecular weight excluding hydrogens is 472 g/mol. The highest BCUT2D eigenvalue weighted by Crippen LogP contribution is 2.21. The van der Waals surface area contributed by atoms with Crippen molar-refractivity contribution in [2.75, 3.05) is 119 Å². The Hall–Kier alpha value is -1.34. The van der Waals surface area contributed by atoms with E-state index in [2.05, 4.69) is 0 Å². The van der Waals surface area contributed by atoms with Crippen molar-refractivity contribution < 1.29 is 47.7 Å². The summed E-state index contributed by atoms with van der Waals surface area (Å²) in [5.74, 6) is 0.938. The molecular formula is C26H46O10. The van der Waals surface area contributed by atoms with Gasteiger partial charge in [-0.3, -0.25) is 0 Å². The molecule has 0 aromatic heterocycles. The number of ether oxygens (including phenoxy) is 9. The first-order chi connectivity index (χ1) is 17.8. The molecule has 0 radical (unpaired) electrons. The number of aliphatic hydroxyl groups is 1. The summed E-state index contributed by atoms with van der Waals surface area (Å²) in [6.45, 7) is 12.7. The summed E-state index contributed by atoms with van der Waals surface area (Å²) in [6, 6.07) is 6.11. The zero-order chi connectivity index (χ0) is 25.9. The smallest absolute Gasteiger partial charge is 0.125 e. The molecule has 0 unspecified atom stereocenters. The molecule has 1 N–H and O–H groups in total. The van der Waals surface area contributed by atoms with E-state index in [1.165, 1.54) is 0 Å². The van der Waals surface area contributed by atoms with Crippen LogP contribution in [0.15, 0.2) is 18.2 Å². The first-order valence-electron chi connectivity index (χ1n) is 12.7. The lowest BCUT2D eigenvalue weighted by Crippen LogP contribution is -2.15. The third-order valence-electron chi connectivity index (χ3n) is 4.72. The maximum absolute atomic E-state index is 8.56. The summed E-state index contributed by atoms with van der Waals surface area (Å²) in [5, 5.41) is 8.56. The number of aryl methyl sites for hydroxylation is 2. The summed E-state index contributed by atoms with van der Waals surface area (Å²) < 4.78 is 48.9. The maximum Gasteiger partial charge on any atom is 0.125 e. The summed E-state index contributed by atoms with van der Waals surface area (Å²) >= 11 is 0. The molecule has 10 heteroatoms. The number of aliphatic hydroxyl groups excluding tert-OH is 1. The second-order valence-corrected chi connectivity index (χ2v) is 7.69. The summed E-state index contributed by atoms with van der Waals surface area (Å²) in [4.78, 5) is 0. The van der Waals surface area contributed by atoms with Gasteiger partial charge in [-0.15, -0.1) is 0 Å². The summed E-state index contributed by atoms with van der Waals surface area (Å²) in [6.07, 6.45) is 0. The Morgan fingerprint density at radius 1 is 0.444 bits per heavy atom. The van der Waals surface area contributed by atoms with Crippen LogP contribution in [0.5, 0.6) is 5.75 Å². The van der Waals surface area contributed by atoms with Crippen LogP contribution in [0, 0.1) is 13.8 Å². The van der Waals surface area contributed by atoms with E-state index in [9.17, 15) is 0 Å². The van der Waals surface area contributed by atoms with Gasteiger partial charge in [0.05, 0.1) is 112 Å². The van der Waals surface area contributed by atoms with Gasteiger partial charge in [0.25, 0.3) is 0 Å². The molecule has 0 bridgehead atoms. The molecule has 210 valence electrons. The van der Waals surface area contributed by atoms with Gasteiger partial charge in [-0.05, 0) is 25.0 Å². The molecule has 0 atom stereocenters. The predicted octanol–water partition coefficient (Wildman–Crippen LogP) is 1.81. The van der Waals surface area contributed by atoms with Gasteiger partial charge >= 0.3 is 0 Å². The van der Waals surface area contributed by atoms with Gasteiger partial charge in [0, 0.05) is 0 Å². The minimum atomic E-state index is 0.0295. The number of hydrogen-bond acceptors (Lipinski definition) is 10. The fraction of sp³-hybridized carbons (Fsp3) is 0.769. The zero-order valence-corrected chi connectivity index (χ0v) is 22.1. The first kappa shape index (κ1) is 32.7. The van der Waals surface area contributed by atoms with Crippen molar-refractivity contribution >= 4 is 0 Å². The lowest BCUT2D eigenvalue weighted by molar-refractivity contribution is -0.0242. The van der Waals surface area contributed by atoms with Crippen molar-refractivity contribution in [3.63, 3.8) is 0 Å². The Balaban J connectivity index is 1.69. The van der Waals surface area contributed by atoms with E-state index in [1.807, 2.05) is 32.0 Å². The van der Waals surface area contributed by atoms with Crippen molar-refractivity contribution in [2.24, 2.45) is 0 Å².